The Bertz CT molecular complexity index is 542. The SMILES string of the molecule is CCOC(=O)C1CCN(C(=O)c2ccc(F)c(Cl)c2)CC1. The molecular formula is C15H17ClFNO3. The van der Waals surface area contributed by atoms with Gasteiger partial charge in [-0.15, -0.1) is 0 Å². The summed E-state index contributed by atoms with van der Waals surface area (Å²) >= 11 is 5.69. The Kier molecular flexibility index (Phi) is 5.17. The average Bonchev–Trinajstić information content (AvgIpc) is 2.50. The van der Waals surface area contributed by atoms with Gasteiger partial charge in [-0.2, -0.15) is 0 Å². The third-order valence-corrected chi connectivity index (χ3v) is 3.86. The molecule has 1 aliphatic rings. The third kappa shape index (κ3) is 3.73. The van der Waals surface area contributed by atoms with Crippen LogP contribution in [0.3, 0.4) is 0 Å². The number of esters is 1. The Labute approximate surface area is 127 Å². The minimum absolute atomic E-state index is 0.0674. The maximum atomic E-state index is 13.1. The second-order valence-corrected chi connectivity index (χ2v) is 5.35. The van der Waals surface area contributed by atoms with Gasteiger partial charge in [0, 0.05) is 18.7 Å². The standard InChI is InChI=1S/C15H17ClFNO3/c1-2-21-15(20)10-5-7-18(8-6-10)14(19)11-3-4-13(17)12(16)9-11/h3-4,9-10H,2,5-8H2,1H3. The van der Waals surface area contributed by atoms with Crippen molar-refractivity contribution in [3.05, 3.63) is 34.6 Å². The van der Waals surface area contributed by atoms with Gasteiger partial charge in [-0.05, 0) is 38.0 Å². The van der Waals surface area contributed by atoms with E-state index in [1.807, 2.05) is 0 Å². The first-order chi connectivity index (χ1) is 10.0. The summed E-state index contributed by atoms with van der Waals surface area (Å²) in [5.41, 5.74) is 0.357. The fraction of sp³-hybridized carbons (Fsp3) is 0.467. The first kappa shape index (κ1) is 15.8. The van der Waals surface area contributed by atoms with E-state index in [9.17, 15) is 14.0 Å². The van der Waals surface area contributed by atoms with E-state index >= 15 is 0 Å². The summed E-state index contributed by atoms with van der Waals surface area (Å²) in [5.74, 6) is -1.09. The van der Waals surface area contributed by atoms with Gasteiger partial charge in [0.05, 0.1) is 17.5 Å². The summed E-state index contributed by atoms with van der Waals surface area (Å²) in [6, 6.07) is 3.93. The van der Waals surface area contributed by atoms with Gasteiger partial charge < -0.3 is 9.64 Å². The molecule has 0 saturated carbocycles. The van der Waals surface area contributed by atoms with Crippen LogP contribution >= 0.6 is 11.6 Å². The monoisotopic (exact) mass is 313 g/mol. The highest BCUT2D eigenvalue weighted by Gasteiger charge is 2.28. The number of hydrogen-bond acceptors (Lipinski definition) is 3. The number of hydrogen-bond donors (Lipinski definition) is 0. The van der Waals surface area contributed by atoms with Crippen LogP contribution in [0.5, 0.6) is 0 Å². The average molecular weight is 314 g/mol. The van der Waals surface area contributed by atoms with Crippen LogP contribution in [0.1, 0.15) is 30.1 Å². The Balaban J connectivity index is 1.97. The van der Waals surface area contributed by atoms with Crippen LogP contribution in [-0.2, 0) is 9.53 Å². The van der Waals surface area contributed by atoms with Crippen LogP contribution in [0.15, 0.2) is 18.2 Å². The van der Waals surface area contributed by atoms with Gasteiger partial charge in [0.25, 0.3) is 5.91 Å². The lowest BCUT2D eigenvalue weighted by molar-refractivity contribution is -0.149. The highest BCUT2D eigenvalue weighted by molar-refractivity contribution is 6.31. The van der Waals surface area contributed by atoms with E-state index in [1.54, 1.807) is 11.8 Å². The highest BCUT2D eigenvalue weighted by atomic mass is 35.5. The molecule has 21 heavy (non-hydrogen) atoms. The highest BCUT2D eigenvalue weighted by Crippen LogP contribution is 2.22. The largest absolute Gasteiger partial charge is 0.466 e. The van der Waals surface area contributed by atoms with E-state index in [-0.39, 0.29) is 22.8 Å². The van der Waals surface area contributed by atoms with Gasteiger partial charge in [-0.3, -0.25) is 9.59 Å². The molecule has 1 aromatic rings. The lowest BCUT2D eigenvalue weighted by Gasteiger charge is -2.31. The normalized spacial score (nSPS) is 15.9. The Morgan fingerprint density at radius 1 is 1.38 bits per heavy atom. The summed E-state index contributed by atoms with van der Waals surface area (Å²) in [5, 5.41) is -0.0674. The molecule has 1 aromatic carbocycles. The molecule has 2 rings (SSSR count). The van der Waals surface area contributed by atoms with Crippen molar-refractivity contribution in [2.75, 3.05) is 19.7 Å². The summed E-state index contributed by atoms with van der Waals surface area (Å²) in [4.78, 5) is 25.6. The number of piperidine rings is 1. The topological polar surface area (TPSA) is 46.6 Å². The number of benzene rings is 1. The summed E-state index contributed by atoms with van der Waals surface area (Å²) in [6.07, 6.45) is 1.17. The van der Waals surface area contributed by atoms with Gasteiger partial charge in [0.1, 0.15) is 5.82 Å². The van der Waals surface area contributed by atoms with Crippen LogP contribution in [0.4, 0.5) is 4.39 Å². The number of likely N-dealkylation sites (tertiary alicyclic amines) is 1. The van der Waals surface area contributed by atoms with Crippen molar-refractivity contribution in [3.63, 3.8) is 0 Å². The molecule has 0 N–H and O–H groups in total. The Morgan fingerprint density at radius 3 is 2.62 bits per heavy atom. The number of amides is 1. The van der Waals surface area contributed by atoms with Gasteiger partial charge in [0.15, 0.2) is 0 Å². The number of halogens is 2. The molecule has 1 heterocycles. The fourth-order valence-corrected chi connectivity index (χ4v) is 2.57. The predicted octanol–water partition coefficient (Wildman–Crippen LogP) is 2.89. The molecule has 114 valence electrons. The second kappa shape index (κ2) is 6.89. The molecule has 0 unspecified atom stereocenters. The minimum atomic E-state index is -0.547. The number of rotatable bonds is 3. The minimum Gasteiger partial charge on any atom is -0.466 e. The maximum Gasteiger partial charge on any atom is 0.309 e. The van der Waals surface area contributed by atoms with Crippen LogP contribution in [0.2, 0.25) is 5.02 Å². The quantitative estimate of drug-likeness (QED) is 0.806. The first-order valence-corrected chi connectivity index (χ1v) is 7.31. The summed E-state index contributed by atoms with van der Waals surface area (Å²) < 4.78 is 18.1. The van der Waals surface area contributed by atoms with Gasteiger partial charge >= 0.3 is 5.97 Å². The Hall–Kier alpha value is -1.62. The van der Waals surface area contributed by atoms with Crippen molar-refractivity contribution >= 4 is 23.5 Å². The molecule has 1 aliphatic heterocycles. The molecule has 0 atom stereocenters. The van der Waals surface area contributed by atoms with Gasteiger partial charge in [0.2, 0.25) is 0 Å². The fourth-order valence-electron chi connectivity index (χ4n) is 2.39. The number of nitrogens with zero attached hydrogens (tertiary/aromatic N) is 1. The van der Waals surface area contributed by atoms with Crippen molar-refractivity contribution in [2.45, 2.75) is 19.8 Å². The second-order valence-electron chi connectivity index (χ2n) is 4.95. The van der Waals surface area contributed by atoms with E-state index in [2.05, 4.69) is 0 Å². The number of carbonyl (C=O) groups excluding carboxylic acids is 2. The first-order valence-electron chi connectivity index (χ1n) is 6.94. The zero-order valence-corrected chi connectivity index (χ0v) is 12.5. The molecule has 0 spiro atoms. The van der Waals surface area contributed by atoms with Crippen molar-refractivity contribution in [2.24, 2.45) is 5.92 Å². The zero-order chi connectivity index (χ0) is 15.4. The van der Waals surface area contributed by atoms with Crippen LogP contribution < -0.4 is 0 Å². The zero-order valence-electron chi connectivity index (χ0n) is 11.8. The van der Waals surface area contributed by atoms with E-state index < -0.39 is 5.82 Å². The lowest BCUT2D eigenvalue weighted by Crippen LogP contribution is -2.40. The molecular weight excluding hydrogens is 297 g/mol. The van der Waals surface area contributed by atoms with E-state index in [0.29, 0.717) is 38.1 Å². The smallest absolute Gasteiger partial charge is 0.309 e. The molecule has 0 bridgehead atoms. The molecule has 1 saturated heterocycles. The van der Waals surface area contributed by atoms with Crippen LogP contribution in [0.25, 0.3) is 0 Å². The van der Waals surface area contributed by atoms with E-state index in [1.165, 1.54) is 18.2 Å². The number of carbonyl (C=O) groups is 2. The Morgan fingerprint density at radius 2 is 2.05 bits per heavy atom. The van der Waals surface area contributed by atoms with Crippen molar-refractivity contribution < 1.29 is 18.7 Å². The van der Waals surface area contributed by atoms with Crippen LogP contribution in [-0.4, -0.2) is 36.5 Å². The lowest BCUT2D eigenvalue weighted by atomic mass is 9.96. The number of ether oxygens (including phenoxy) is 1. The molecule has 4 nitrogen and oxygen atoms in total. The van der Waals surface area contributed by atoms with Crippen molar-refractivity contribution in [3.8, 4) is 0 Å². The third-order valence-electron chi connectivity index (χ3n) is 3.57. The summed E-state index contributed by atoms with van der Waals surface area (Å²) in [6.45, 7) is 3.11. The molecule has 1 amide bonds. The van der Waals surface area contributed by atoms with Gasteiger partial charge in [-0.1, -0.05) is 11.6 Å². The van der Waals surface area contributed by atoms with Crippen molar-refractivity contribution in [1.29, 1.82) is 0 Å². The molecule has 0 aliphatic carbocycles. The molecule has 6 heteroatoms. The van der Waals surface area contributed by atoms with Crippen molar-refractivity contribution in [1.82, 2.24) is 4.90 Å². The van der Waals surface area contributed by atoms with E-state index in [4.69, 9.17) is 16.3 Å². The molecule has 0 aromatic heterocycles. The molecule has 0 radical (unpaired) electrons. The summed E-state index contributed by atoms with van der Waals surface area (Å²) in [7, 11) is 0. The van der Waals surface area contributed by atoms with Gasteiger partial charge in [-0.25, -0.2) is 4.39 Å². The van der Waals surface area contributed by atoms with E-state index in [0.717, 1.165) is 0 Å². The van der Waals surface area contributed by atoms with Crippen LogP contribution in [0, 0.1) is 11.7 Å². The predicted molar refractivity (Wildman–Crippen MR) is 76.7 cm³/mol. The maximum absolute atomic E-state index is 13.1. The molecule has 1 fully saturated rings.